The molecule has 0 aliphatic carbocycles. The molecule has 0 heterocycles. The maximum absolute atomic E-state index is 6.89. The summed E-state index contributed by atoms with van der Waals surface area (Å²) in [5, 5.41) is 0.758. The average Bonchev–Trinajstić information content (AvgIpc) is 3.00. The Hall–Kier alpha value is -3.03. The molecule has 0 saturated carbocycles. The van der Waals surface area contributed by atoms with Gasteiger partial charge in [-0.1, -0.05) is 143 Å². The minimum atomic E-state index is 0.215. The Morgan fingerprint density at radius 1 is 0.585 bits per heavy atom. The van der Waals surface area contributed by atoms with Crippen molar-refractivity contribution in [2.45, 2.75) is 97.5 Å². The summed E-state index contributed by atoms with van der Waals surface area (Å²) < 4.78 is 6.20. The van der Waals surface area contributed by atoms with E-state index in [4.69, 9.17) is 16.3 Å². The van der Waals surface area contributed by atoms with Crippen molar-refractivity contribution in [3.05, 3.63) is 102 Å². The fourth-order valence-corrected chi connectivity index (χ4v) is 5.93. The van der Waals surface area contributed by atoms with Crippen molar-refractivity contribution in [2.24, 2.45) is 0 Å². The van der Waals surface area contributed by atoms with Crippen LogP contribution in [0, 0.1) is 0 Å². The summed E-state index contributed by atoms with van der Waals surface area (Å²) in [4.78, 5) is 0. The van der Waals surface area contributed by atoms with Crippen LogP contribution in [0.1, 0.15) is 90.5 Å². The van der Waals surface area contributed by atoms with Crippen LogP contribution in [-0.4, -0.2) is 6.10 Å². The molecular weight excluding hydrogens is 520 g/mol. The summed E-state index contributed by atoms with van der Waals surface area (Å²) in [7, 11) is 0. The van der Waals surface area contributed by atoms with Crippen molar-refractivity contribution >= 4 is 11.6 Å². The molecule has 0 N–H and O–H groups in total. The first-order valence-corrected chi connectivity index (χ1v) is 16.2. The number of benzene rings is 4. The zero-order valence-corrected chi connectivity index (χ0v) is 26.1. The van der Waals surface area contributed by atoms with E-state index >= 15 is 0 Å². The summed E-state index contributed by atoms with van der Waals surface area (Å²) >= 11 is 6.89. The maximum Gasteiger partial charge on any atom is 0.119 e. The lowest BCUT2D eigenvalue weighted by atomic mass is 9.89. The molecule has 0 spiro atoms. The molecule has 0 aliphatic heterocycles. The van der Waals surface area contributed by atoms with E-state index in [9.17, 15) is 0 Å². The quantitative estimate of drug-likeness (QED) is 0.122. The Morgan fingerprint density at radius 3 is 1.93 bits per heavy atom. The minimum absolute atomic E-state index is 0.215. The fraction of sp³-hybridized carbons (Fsp3) is 0.385. The number of unbranched alkanes of at least 4 members (excludes halogenated alkanes) is 7. The first-order chi connectivity index (χ1) is 20.1. The summed E-state index contributed by atoms with van der Waals surface area (Å²) in [6.45, 7) is 6.67. The monoisotopic (exact) mass is 566 g/mol. The van der Waals surface area contributed by atoms with Crippen molar-refractivity contribution in [3.63, 3.8) is 0 Å². The van der Waals surface area contributed by atoms with Crippen LogP contribution in [0.4, 0.5) is 0 Å². The van der Waals surface area contributed by atoms with E-state index in [0.717, 1.165) is 40.3 Å². The van der Waals surface area contributed by atoms with Crippen LogP contribution in [0.5, 0.6) is 5.75 Å². The highest BCUT2D eigenvalue weighted by atomic mass is 35.5. The van der Waals surface area contributed by atoms with Crippen molar-refractivity contribution in [3.8, 4) is 39.1 Å². The van der Waals surface area contributed by atoms with Gasteiger partial charge in [0.05, 0.1) is 6.10 Å². The molecular formula is C39H47ClO. The lowest BCUT2D eigenvalue weighted by molar-refractivity contribution is 0.206. The Kier molecular flexibility index (Phi) is 12.4. The van der Waals surface area contributed by atoms with Crippen molar-refractivity contribution in [2.75, 3.05) is 0 Å². The van der Waals surface area contributed by atoms with Gasteiger partial charge in [0.1, 0.15) is 5.75 Å². The van der Waals surface area contributed by atoms with Crippen LogP contribution < -0.4 is 4.74 Å². The normalized spacial score (nSPS) is 11.9. The highest BCUT2D eigenvalue weighted by Crippen LogP contribution is 2.42. The summed E-state index contributed by atoms with van der Waals surface area (Å²) in [5.41, 5.74) is 8.38. The molecule has 4 rings (SSSR count). The van der Waals surface area contributed by atoms with E-state index in [1.807, 2.05) is 6.07 Å². The number of halogens is 1. The Labute approximate surface area is 253 Å². The topological polar surface area (TPSA) is 9.23 Å². The van der Waals surface area contributed by atoms with Crippen LogP contribution in [-0.2, 0) is 6.42 Å². The van der Waals surface area contributed by atoms with Gasteiger partial charge in [-0.3, -0.25) is 0 Å². The zero-order chi connectivity index (χ0) is 28.9. The summed E-state index contributed by atoms with van der Waals surface area (Å²) in [6, 6.07) is 32.5. The number of ether oxygens (including phenoxy) is 1. The molecule has 0 saturated heterocycles. The summed E-state index contributed by atoms with van der Waals surface area (Å²) in [5.74, 6) is 0.910. The van der Waals surface area contributed by atoms with Gasteiger partial charge >= 0.3 is 0 Å². The van der Waals surface area contributed by atoms with E-state index in [1.165, 1.54) is 80.0 Å². The number of hydrogen-bond acceptors (Lipinski definition) is 1. The highest BCUT2D eigenvalue weighted by molar-refractivity contribution is 6.34. The minimum Gasteiger partial charge on any atom is -0.491 e. The Balaban J connectivity index is 1.53. The van der Waals surface area contributed by atoms with E-state index in [1.54, 1.807) is 0 Å². The molecule has 1 nitrogen and oxygen atoms in total. The highest BCUT2D eigenvalue weighted by Gasteiger charge is 2.15. The standard InChI is InChI=1S/C39H47ClO/c1-4-6-8-9-10-12-17-31-22-24-32(25-23-31)35-18-13-14-19-36(35)37-20-15-21-38(40)39(37)33-26-28-34(29-27-33)41-30(3)16-11-7-5-2/h13-15,18-30H,4-12,16-17H2,1-3H3/t30-/m1/s1. The van der Waals surface area contributed by atoms with Crippen molar-refractivity contribution < 1.29 is 4.74 Å². The second kappa shape index (κ2) is 16.4. The predicted octanol–water partition coefficient (Wildman–Crippen LogP) is 12.6. The van der Waals surface area contributed by atoms with Gasteiger partial charge in [0, 0.05) is 10.6 Å². The van der Waals surface area contributed by atoms with Crippen molar-refractivity contribution in [1.29, 1.82) is 0 Å². The molecule has 0 aromatic heterocycles. The molecule has 0 fully saturated rings. The van der Waals surface area contributed by atoms with Crippen LogP contribution in [0.3, 0.4) is 0 Å². The van der Waals surface area contributed by atoms with Gasteiger partial charge in [-0.15, -0.1) is 0 Å². The molecule has 216 valence electrons. The molecule has 0 unspecified atom stereocenters. The van der Waals surface area contributed by atoms with Crippen LogP contribution in [0.15, 0.2) is 91.0 Å². The largest absolute Gasteiger partial charge is 0.491 e. The van der Waals surface area contributed by atoms with Crippen LogP contribution >= 0.6 is 11.6 Å². The SMILES string of the molecule is CCCCCCCCc1ccc(-c2ccccc2-c2cccc(Cl)c2-c2ccc(O[C@H](C)CCCCC)cc2)cc1. The molecule has 4 aromatic rings. The van der Waals surface area contributed by atoms with Gasteiger partial charge in [-0.25, -0.2) is 0 Å². The lowest BCUT2D eigenvalue weighted by Gasteiger charge is -2.17. The zero-order valence-electron chi connectivity index (χ0n) is 25.3. The van der Waals surface area contributed by atoms with E-state index in [0.29, 0.717) is 0 Å². The third kappa shape index (κ3) is 8.98. The Morgan fingerprint density at radius 2 is 1.20 bits per heavy atom. The van der Waals surface area contributed by atoms with Crippen molar-refractivity contribution in [1.82, 2.24) is 0 Å². The molecule has 2 heteroatoms. The smallest absolute Gasteiger partial charge is 0.119 e. The van der Waals surface area contributed by atoms with Gasteiger partial charge in [0.25, 0.3) is 0 Å². The lowest BCUT2D eigenvalue weighted by Crippen LogP contribution is -2.11. The average molecular weight is 567 g/mol. The van der Waals surface area contributed by atoms with Gasteiger partial charge in [0.15, 0.2) is 0 Å². The second-order valence-electron chi connectivity index (χ2n) is 11.4. The number of aryl methyl sites for hydroxylation is 1. The number of hydrogen-bond donors (Lipinski definition) is 0. The van der Waals surface area contributed by atoms with E-state index in [2.05, 4.69) is 106 Å². The van der Waals surface area contributed by atoms with Gasteiger partial charge in [-0.05, 0) is 84.2 Å². The third-order valence-electron chi connectivity index (χ3n) is 8.01. The molecule has 1 atom stereocenters. The third-order valence-corrected chi connectivity index (χ3v) is 8.32. The number of rotatable bonds is 16. The molecule has 0 radical (unpaired) electrons. The van der Waals surface area contributed by atoms with Gasteiger partial charge in [0.2, 0.25) is 0 Å². The van der Waals surface area contributed by atoms with Gasteiger partial charge < -0.3 is 4.74 Å². The van der Waals surface area contributed by atoms with E-state index in [-0.39, 0.29) is 6.10 Å². The predicted molar refractivity (Wildman–Crippen MR) is 179 cm³/mol. The van der Waals surface area contributed by atoms with Crippen LogP contribution in [0.2, 0.25) is 5.02 Å². The van der Waals surface area contributed by atoms with E-state index < -0.39 is 0 Å². The molecule has 0 aliphatic rings. The fourth-order valence-electron chi connectivity index (χ4n) is 5.65. The molecule has 41 heavy (non-hydrogen) atoms. The Bertz CT molecular complexity index is 1320. The maximum atomic E-state index is 6.89. The van der Waals surface area contributed by atoms with Crippen LogP contribution in [0.25, 0.3) is 33.4 Å². The second-order valence-corrected chi connectivity index (χ2v) is 11.8. The first-order valence-electron chi connectivity index (χ1n) is 15.8. The molecule has 0 bridgehead atoms. The molecule has 0 amide bonds. The summed E-state index contributed by atoms with van der Waals surface area (Å²) in [6.07, 6.45) is 14.1. The van der Waals surface area contributed by atoms with Gasteiger partial charge in [-0.2, -0.15) is 0 Å². The molecule has 4 aromatic carbocycles. The first kappa shape index (κ1) is 30.9.